The van der Waals surface area contributed by atoms with E-state index >= 15 is 0 Å². The van der Waals surface area contributed by atoms with Crippen LogP contribution >= 0.6 is 11.3 Å². The van der Waals surface area contributed by atoms with Crippen molar-refractivity contribution < 1.29 is 14.6 Å². The zero-order valence-electron chi connectivity index (χ0n) is 11.0. The molecule has 0 bridgehead atoms. The van der Waals surface area contributed by atoms with Crippen molar-refractivity contribution in [2.24, 2.45) is 0 Å². The number of methoxy groups -OCH3 is 1. The van der Waals surface area contributed by atoms with Gasteiger partial charge in [-0.2, -0.15) is 0 Å². The first kappa shape index (κ1) is 13.3. The van der Waals surface area contributed by atoms with E-state index in [1.807, 2.05) is 18.2 Å². The third-order valence-corrected chi connectivity index (χ3v) is 3.82. The molecule has 0 saturated heterocycles. The van der Waals surface area contributed by atoms with Crippen LogP contribution in [0.3, 0.4) is 0 Å². The largest absolute Gasteiger partial charge is 0.497 e. The van der Waals surface area contributed by atoms with E-state index in [2.05, 4.69) is 15.3 Å². The van der Waals surface area contributed by atoms with E-state index in [0.29, 0.717) is 10.8 Å². The first-order valence-electron chi connectivity index (χ1n) is 6.06. The number of rotatable bonds is 4. The highest BCUT2D eigenvalue weighted by atomic mass is 32.1. The van der Waals surface area contributed by atoms with Crippen molar-refractivity contribution in [1.82, 2.24) is 9.97 Å². The molecule has 7 heteroatoms. The topological polar surface area (TPSA) is 84.3 Å². The molecule has 3 aromatic rings. The summed E-state index contributed by atoms with van der Waals surface area (Å²) in [6.45, 7) is 0. The van der Waals surface area contributed by atoms with Crippen LogP contribution in [0.5, 0.6) is 5.75 Å². The second-order valence-electron chi connectivity index (χ2n) is 4.20. The van der Waals surface area contributed by atoms with Crippen LogP contribution in [-0.4, -0.2) is 28.2 Å². The van der Waals surface area contributed by atoms with Crippen LogP contribution in [0.25, 0.3) is 10.2 Å². The molecule has 0 spiro atoms. The minimum absolute atomic E-state index is 0.154. The molecular weight excluding hydrogens is 290 g/mol. The number of carboxylic acids is 1. The number of nitrogens with zero attached hydrogens (tertiary/aromatic N) is 2. The van der Waals surface area contributed by atoms with Crippen LogP contribution in [0.15, 0.2) is 36.7 Å². The van der Waals surface area contributed by atoms with Crippen molar-refractivity contribution in [2.75, 3.05) is 12.4 Å². The lowest BCUT2D eigenvalue weighted by Gasteiger charge is -2.04. The van der Waals surface area contributed by atoms with Crippen molar-refractivity contribution in [3.63, 3.8) is 0 Å². The molecule has 3 rings (SSSR count). The summed E-state index contributed by atoms with van der Waals surface area (Å²) in [4.78, 5) is 19.5. The van der Waals surface area contributed by atoms with Gasteiger partial charge in [0, 0.05) is 6.20 Å². The molecule has 2 aromatic heterocycles. The minimum Gasteiger partial charge on any atom is -0.497 e. The number of carbonyl (C=O) groups is 1. The molecule has 21 heavy (non-hydrogen) atoms. The predicted octanol–water partition coefficient (Wildman–Crippen LogP) is 3.14. The van der Waals surface area contributed by atoms with E-state index in [1.165, 1.54) is 29.8 Å². The van der Waals surface area contributed by atoms with Crippen LogP contribution in [0, 0.1) is 0 Å². The van der Waals surface area contributed by atoms with Crippen LogP contribution in [0.1, 0.15) is 10.4 Å². The third-order valence-electron chi connectivity index (χ3n) is 2.89. The van der Waals surface area contributed by atoms with Gasteiger partial charge in [0.2, 0.25) is 0 Å². The molecule has 0 aliphatic heterocycles. The average Bonchev–Trinajstić information content (AvgIpc) is 2.88. The zero-order chi connectivity index (χ0) is 14.8. The van der Waals surface area contributed by atoms with Gasteiger partial charge in [-0.25, -0.2) is 9.78 Å². The number of benzene rings is 1. The summed E-state index contributed by atoms with van der Waals surface area (Å²) in [5.74, 6) is -0.256. The molecule has 1 aromatic carbocycles. The number of hydrogen-bond acceptors (Lipinski definition) is 6. The Morgan fingerprint density at radius 2 is 2.24 bits per heavy atom. The Labute approximate surface area is 124 Å². The lowest BCUT2D eigenvalue weighted by Crippen LogP contribution is -2.02. The number of hydrogen-bond donors (Lipinski definition) is 2. The monoisotopic (exact) mass is 301 g/mol. The number of anilines is 2. The fraction of sp³-hybridized carbons (Fsp3) is 0.0714. The van der Waals surface area contributed by atoms with Crippen molar-refractivity contribution in [3.8, 4) is 5.75 Å². The highest BCUT2D eigenvalue weighted by molar-refractivity contribution is 7.22. The number of ether oxygens (including phenoxy) is 1. The first-order chi connectivity index (χ1) is 10.2. The second kappa shape index (κ2) is 5.37. The van der Waals surface area contributed by atoms with E-state index < -0.39 is 5.97 Å². The normalized spacial score (nSPS) is 10.5. The van der Waals surface area contributed by atoms with Gasteiger partial charge < -0.3 is 15.2 Å². The Bertz CT molecular complexity index is 816. The third kappa shape index (κ3) is 2.63. The lowest BCUT2D eigenvalue weighted by molar-refractivity contribution is 0.0698. The maximum absolute atomic E-state index is 11.2. The fourth-order valence-electron chi connectivity index (χ4n) is 1.88. The van der Waals surface area contributed by atoms with E-state index in [1.54, 1.807) is 7.11 Å². The molecule has 0 radical (unpaired) electrons. The predicted molar refractivity (Wildman–Crippen MR) is 80.7 cm³/mol. The van der Waals surface area contributed by atoms with Gasteiger partial charge in [0.15, 0.2) is 5.13 Å². The molecule has 0 unspecified atom stereocenters. The number of fused-ring (bicyclic) bond motifs is 1. The Morgan fingerprint density at radius 3 is 3.00 bits per heavy atom. The molecule has 6 nitrogen and oxygen atoms in total. The Kier molecular flexibility index (Phi) is 3.41. The number of thiazole rings is 1. The summed E-state index contributed by atoms with van der Waals surface area (Å²) < 4.78 is 6.13. The number of aromatic carboxylic acids is 1. The number of pyridine rings is 1. The molecule has 0 amide bonds. The summed E-state index contributed by atoms with van der Waals surface area (Å²) in [6, 6.07) is 7.02. The van der Waals surface area contributed by atoms with Gasteiger partial charge in [-0.3, -0.25) is 4.98 Å². The van der Waals surface area contributed by atoms with Crippen molar-refractivity contribution in [3.05, 3.63) is 42.2 Å². The standard InChI is InChI=1S/C14H11N3O3S/c1-20-8-2-3-10-12(6-8)21-14(16-10)17-11-7-15-5-4-9(11)13(18)19/h2-7H,1H3,(H,16,17)(H,18,19). The van der Waals surface area contributed by atoms with Gasteiger partial charge in [-0.1, -0.05) is 11.3 Å². The number of carboxylic acid groups (broad SMARTS) is 1. The molecular formula is C14H11N3O3S. The van der Waals surface area contributed by atoms with Crippen LogP contribution in [0.2, 0.25) is 0 Å². The van der Waals surface area contributed by atoms with Crippen LogP contribution in [0.4, 0.5) is 10.8 Å². The Hall–Kier alpha value is -2.67. The van der Waals surface area contributed by atoms with Gasteiger partial charge in [-0.15, -0.1) is 0 Å². The molecule has 2 N–H and O–H groups in total. The molecule has 0 aliphatic carbocycles. The number of nitrogens with one attached hydrogen (secondary N) is 1. The average molecular weight is 301 g/mol. The van der Waals surface area contributed by atoms with E-state index in [4.69, 9.17) is 9.84 Å². The number of aromatic nitrogens is 2. The molecule has 0 fully saturated rings. The van der Waals surface area contributed by atoms with Crippen molar-refractivity contribution in [1.29, 1.82) is 0 Å². The molecule has 2 heterocycles. The first-order valence-corrected chi connectivity index (χ1v) is 6.88. The van der Waals surface area contributed by atoms with Gasteiger partial charge in [0.25, 0.3) is 0 Å². The highest BCUT2D eigenvalue weighted by Gasteiger charge is 2.12. The maximum atomic E-state index is 11.2. The van der Waals surface area contributed by atoms with Gasteiger partial charge >= 0.3 is 5.97 Å². The van der Waals surface area contributed by atoms with Crippen molar-refractivity contribution in [2.45, 2.75) is 0 Å². The summed E-state index contributed by atoms with van der Waals surface area (Å²) in [7, 11) is 1.61. The highest BCUT2D eigenvalue weighted by Crippen LogP contribution is 2.31. The minimum atomic E-state index is -1.01. The summed E-state index contributed by atoms with van der Waals surface area (Å²) >= 11 is 1.42. The maximum Gasteiger partial charge on any atom is 0.337 e. The Balaban J connectivity index is 1.97. The molecule has 0 atom stereocenters. The molecule has 106 valence electrons. The SMILES string of the molecule is COc1ccc2nc(Nc3cnccc3C(=O)O)sc2c1. The molecule has 0 aliphatic rings. The summed E-state index contributed by atoms with van der Waals surface area (Å²) in [5, 5.41) is 12.8. The van der Waals surface area contributed by atoms with E-state index in [-0.39, 0.29) is 5.56 Å². The smallest absolute Gasteiger partial charge is 0.337 e. The second-order valence-corrected chi connectivity index (χ2v) is 5.23. The van der Waals surface area contributed by atoms with Crippen LogP contribution < -0.4 is 10.1 Å². The summed E-state index contributed by atoms with van der Waals surface area (Å²) in [5.41, 5.74) is 1.39. The van der Waals surface area contributed by atoms with Crippen molar-refractivity contribution >= 4 is 38.3 Å². The van der Waals surface area contributed by atoms with E-state index in [9.17, 15) is 4.79 Å². The Morgan fingerprint density at radius 1 is 1.38 bits per heavy atom. The zero-order valence-corrected chi connectivity index (χ0v) is 11.8. The molecule has 0 saturated carbocycles. The lowest BCUT2D eigenvalue weighted by atomic mass is 10.2. The van der Waals surface area contributed by atoms with Gasteiger partial charge in [0.1, 0.15) is 5.75 Å². The summed E-state index contributed by atoms with van der Waals surface area (Å²) in [6.07, 6.45) is 2.91. The fourth-order valence-corrected chi connectivity index (χ4v) is 2.79. The van der Waals surface area contributed by atoms with E-state index in [0.717, 1.165) is 16.0 Å². The van der Waals surface area contributed by atoms with Gasteiger partial charge in [-0.05, 0) is 24.3 Å². The quantitative estimate of drug-likeness (QED) is 0.770. The van der Waals surface area contributed by atoms with Gasteiger partial charge in [0.05, 0.1) is 34.8 Å². The van der Waals surface area contributed by atoms with Crippen LogP contribution in [-0.2, 0) is 0 Å².